The predicted molar refractivity (Wildman–Crippen MR) is 481 cm³/mol. The molecule has 3 aromatic carbocycles. The van der Waals surface area contributed by atoms with E-state index in [1.165, 1.54) is 30.8 Å². The average molecular weight is 1910 g/mol. The first-order valence-corrected chi connectivity index (χ1v) is 43.8. The van der Waals surface area contributed by atoms with Crippen LogP contribution in [0.5, 0.6) is 11.5 Å². The second-order valence-corrected chi connectivity index (χ2v) is 33.6. The first-order chi connectivity index (χ1) is 63.0. The number of aliphatic carboxylic acids is 5. The van der Waals surface area contributed by atoms with Crippen LogP contribution in [0.25, 0.3) is 28.1 Å². The molecule has 0 aliphatic carbocycles. The molecule has 2 fully saturated rings. The van der Waals surface area contributed by atoms with Gasteiger partial charge in [0.05, 0.1) is 63.4 Å². The number of fused-ring (bicyclic) bond motifs is 3. The SMILES string of the molecule is COc1cc2c(cc1-c1cccc(NC(=O)CCC(=O)NCCCC[C@@H](NC(=O)[C@@H](CCC(=O)O)NC(=O)[C@@H](CCCNC(=N)N)NC(=O)[C@@H](C)NC(=O)CN3CCN(CC(=O)O)CCN(CC(=O)O)CCN(CC(=O)O)CC3)C(=O)N[C@H](CCCNC(=N)N)C(=O)N[C@H](CCC(=O)O)C(=O)N[C@H](C)C(N)=O)c1)-c1c(c(C(=O)N3CCOCC3(C)C)nn1-c1cc(Cl)cc(Cl)c1)CO2. The number of carboxylic acid groups (broad SMARTS) is 5. The van der Waals surface area contributed by atoms with Gasteiger partial charge in [-0.15, -0.1) is 0 Å². The van der Waals surface area contributed by atoms with Crippen LogP contribution in [0.15, 0.2) is 54.6 Å². The molecule has 0 spiro atoms. The summed E-state index contributed by atoms with van der Waals surface area (Å²) in [4.78, 5) is 222. The number of unbranched alkanes of at least 4 members (excludes halogenated alkanes) is 1. The van der Waals surface area contributed by atoms with Crippen LogP contribution in [0.2, 0.25) is 10.0 Å². The molecule has 3 aliphatic rings. The van der Waals surface area contributed by atoms with Gasteiger partial charge in [-0.2, -0.15) is 5.10 Å². The zero-order valence-electron chi connectivity index (χ0n) is 74.5. The van der Waals surface area contributed by atoms with Crippen molar-refractivity contribution in [2.45, 2.75) is 166 Å². The number of aromatic nitrogens is 2. The van der Waals surface area contributed by atoms with E-state index >= 15 is 0 Å². The number of anilines is 1. The molecule has 0 saturated carbocycles. The third-order valence-corrected chi connectivity index (χ3v) is 22.2. The number of nitrogens with two attached hydrogens (primary N) is 3. The number of guanidine groups is 2. The van der Waals surface area contributed by atoms with E-state index in [0.29, 0.717) is 80.6 Å². The van der Waals surface area contributed by atoms with Crippen molar-refractivity contribution in [1.29, 1.82) is 10.8 Å². The maximum Gasteiger partial charge on any atom is 0.317 e. The molecule has 0 radical (unpaired) electrons. The van der Waals surface area contributed by atoms with E-state index in [1.807, 2.05) is 19.9 Å². The molecule has 11 amide bonds. The lowest BCUT2D eigenvalue weighted by atomic mass is 9.95. The van der Waals surface area contributed by atoms with Gasteiger partial charge >= 0.3 is 29.8 Å². The topological polar surface area (TPSA) is 694 Å². The van der Waals surface area contributed by atoms with Gasteiger partial charge in [-0.3, -0.25) is 107 Å². The maximum absolute atomic E-state index is 14.9. The number of hydrogen-bond donors (Lipinski definition) is 21. The number of rotatable bonds is 49. The molecule has 4 aromatic rings. The van der Waals surface area contributed by atoms with Crippen LogP contribution in [-0.2, 0) is 83.3 Å². The number of halogens is 2. The fourth-order valence-corrected chi connectivity index (χ4v) is 15.2. The molecule has 133 heavy (non-hydrogen) atoms. The van der Waals surface area contributed by atoms with Crippen molar-refractivity contribution in [2.75, 3.05) is 130 Å². The number of primary amides is 1. The van der Waals surface area contributed by atoms with Gasteiger partial charge in [0.15, 0.2) is 17.6 Å². The highest BCUT2D eigenvalue weighted by molar-refractivity contribution is 6.35. The van der Waals surface area contributed by atoms with Crippen molar-refractivity contribution < 1.29 is 116 Å². The van der Waals surface area contributed by atoms with Gasteiger partial charge in [0.1, 0.15) is 60.4 Å². The first kappa shape index (κ1) is 107. The third kappa shape index (κ3) is 35.2. The van der Waals surface area contributed by atoms with Crippen molar-refractivity contribution in [1.82, 2.24) is 87.4 Å². The summed E-state index contributed by atoms with van der Waals surface area (Å²) in [5, 5.41) is 97.4. The second kappa shape index (κ2) is 52.2. The Balaban J connectivity index is 1.09. The molecule has 49 heteroatoms. The molecule has 4 heterocycles. The highest BCUT2D eigenvalue weighted by Crippen LogP contribution is 2.47. The molecule has 24 N–H and O–H groups in total. The molecule has 47 nitrogen and oxygen atoms in total. The van der Waals surface area contributed by atoms with Crippen molar-refractivity contribution in [2.24, 2.45) is 17.2 Å². The Morgan fingerprint density at radius 3 is 1.43 bits per heavy atom. The first-order valence-electron chi connectivity index (χ1n) is 43.0. The lowest BCUT2D eigenvalue weighted by molar-refractivity contribution is -0.140. The molecule has 728 valence electrons. The monoisotopic (exact) mass is 1900 g/mol. The highest BCUT2D eigenvalue weighted by atomic mass is 35.5. The Bertz CT molecular complexity index is 4830. The number of carbonyl (C=O) groups is 16. The summed E-state index contributed by atoms with van der Waals surface area (Å²) in [5.74, 6) is -16.3. The summed E-state index contributed by atoms with van der Waals surface area (Å²) in [6.45, 7) is 5.75. The summed E-state index contributed by atoms with van der Waals surface area (Å²) in [6.07, 6.45) is -4.37. The molecular formula is C84H119Cl2N23O24. The highest BCUT2D eigenvalue weighted by Gasteiger charge is 2.41. The summed E-state index contributed by atoms with van der Waals surface area (Å²) in [5.41, 5.74) is 19.3. The minimum absolute atomic E-state index is 0.0170. The number of nitrogens with one attached hydrogen (secondary N) is 13. The van der Waals surface area contributed by atoms with E-state index < -0.39 is 201 Å². The fourth-order valence-electron chi connectivity index (χ4n) is 14.7. The van der Waals surface area contributed by atoms with Gasteiger partial charge in [0.25, 0.3) is 5.91 Å². The number of carbonyl (C=O) groups excluding carboxylic acids is 11. The Morgan fingerprint density at radius 1 is 0.504 bits per heavy atom. The summed E-state index contributed by atoms with van der Waals surface area (Å²) >= 11 is 13.1. The Kier molecular flexibility index (Phi) is 42.0. The number of amides is 11. The van der Waals surface area contributed by atoms with E-state index in [2.05, 4.69) is 58.5 Å². The lowest BCUT2D eigenvalue weighted by Crippen LogP contribution is -2.60. The molecule has 3 aliphatic heterocycles. The van der Waals surface area contributed by atoms with E-state index in [4.69, 9.17) is 70.5 Å². The van der Waals surface area contributed by atoms with Gasteiger partial charge in [-0.1, -0.05) is 35.3 Å². The van der Waals surface area contributed by atoms with Crippen LogP contribution >= 0.6 is 23.2 Å². The van der Waals surface area contributed by atoms with Crippen molar-refractivity contribution in [3.63, 3.8) is 0 Å². The summed E-state index contributed by atoms with van der Waals surface area (Å²) in [7, 11) is 1.48. The van der Waals surface area contributed by atoms with Gasteiger partial charge < -0.3 is 120 Å². The van der Waals surface area contributed by atoms with Crippen LogP contribution < -0.4 is 85.2 Å². The average Bonchev–Trinajstić information content (AvgIpc) is 1.59. The molecule has 7 rings (SSSR count). The standard InChI is InChI=1S/C84H119Cl2N23O24/c1-47(74(87)123)96-76(125)60(16-20-67(113)114)101-79(128)59(15-10-24-94-83(90)91)100-77(126)57(99-80(129)61(17-21-68(115)116)102-78(127)58(14-9-23-93-82(88)89)98-75(124)48(2)95-66(112)41-104-25-27-105(42-69(117)118)29-31-107(44-71(121)122)32-30-106(28-26-104)43-70(119)120)13-6-7-22-92-64(110)18-19-65(111)97-52-12-8-11-49(35-52)54-39-55-63(40-62(54)131-5)133-45-56-72(81(130)108-33-34-132-46-84(108,3)4)103-109(73(55)56)53-37-50(85)36-51(86)38-53/h8,11-12,35-40,47-48,57-61H,6-7,9-10,13-34,41-46H2,1-5H3,(H2,87,123)(H,92,110)(H,95,112)(H,96,125)(H,97,111)(H,98,124)(H,99,129)(H,100,126)(H,101,128)(H,102,127)(H,113,114)(H,115,116)(H,117,118)(H,119,120)(H,121,122)(H4,88,89,93)(H4,90,91,94)/t47-,48-,57-,58-,59-,60-,61-/m1/s1. The van der Waals surface area contributed by atoms with Gasteiger partial charge in [-0.05, 0) is 127 Å². The largest absolute Gasteiger partial charge is 0.496 e. The Labute approximate surface area is 775 Å². The normalized spacial score (nSPS) is 15.8. The number of carboxylic acids is 5. The van der Waals surface area contributed by atoms with E-state index in [-0.39, 0.29) is 148 Å². The summed E-state index contributed by atoms with van der Waals surface area (Å²) < 4.78 is 19.6. The lowest BCUT2D eigenvalue weighted by Gasteiger charge is -2.41. The Hall–Kier alpha value is -13.1. The number of ether oxygens (including phenoxy) is 3. The van der Waals surface area contributed by atoms with Crippen molar-refractivity contribution in [3.05, 3.63) is 75.9 Å². The van der Waals surface area contributed by atoms with Gasteiger partial charge in [0, 0.05) is 143 Å². The van der Waals surface area contributed by atoms with Crippen LogP contribution in [0.1, 0.15) is 127 Å². The van der Waals surface area contributed by atoms with Crippen LogP contribution in [0, 0.1) is 10.8 Å². The van der Waals surface area contributed by atoms with Crippen LogP contribution in [-0.4, -0.2) is 339 Å². The molecule has 0 unspecified atom stereocenters. The van der Waals surface area contributed by atoms with Crippen molar-refractivity contribution in [3.8, 4) is 39.6 Å². The number of nitrogens with zero attached hydrogens (tertiary/aromatic N) is 7. The van der Waals surface area contributed by atoms with Gasteiger partial charge in [-0.25, -0.2) is 4.68 Å². The zero-order chi connectivity index (χ0) is 97.9. The number of morpholine rings is 1. The van der Waals surface area contributed by atoms with Crippen LogP contribution in [0.3, 0.4) is 0 Å². The molecule has 0 bridgehead atoms. The minimum atomic E-state index is -1.86. The quantitative estimate of drug-likeness (QED) is 0.0133. The fraction of sp³-hybridized carbons (Fsp3) is 0.536. The smallest absolute Gasteiger partial charge is 0.317 e. The second-order valence-electron chi connectivity index (χ2n) is 32.7. The molecule has 1 aromatic heterocycles. The molecule has 2 saturated heterocycles. The molecular weight excluding hydrogens is 1790 g/mol. The van der Waals surface area contributed by atoms with E-state index in [1.54, 1.807) is 67.9 Å². The van der Waals surface area contributed by atoms with Crippen molar-refractivity contribution >= 4 is 136 Å². The Morgan fingerprint density at radius 2 is 0.962 bits per heavy atom. The van der Waals surface area contributed by atoms with Gasteiger partial charge in [0.2, 0.25) is 59.1 Å². The van der Waals surface area contributed by atoms with E-state index in [0.717, 1.165) is 0 Å². The summed E-state index contributed by atoms with van der Waals surface area (Å²) in [6, 6.07) is 3.90. The zero-order valence-corrected chi connectivity index (χ0v) is 76.0. The molecule has 7 atom stereocenters. The third-order valence-electron chi connectivity index (χ3n) is 21.7. The van der Waals surface area contributed by atoms with E-state index in [9.17, 15) is 102 Å². The minimum Gasteiger partial charge on any atom is -0.496 e. The predicted octanol–water partition coefficient (Wildman–Crippen LogP) is -1.68. The number of methoxy groups -OCH3 is 1. The number of hydrogen-bond acceptors (Lipinski definition) is 26. The van der Waals surface area contributed by atoms with Crippen LogP contribution in [0.4, 0.5) is 5.69 Å². The maximum atomic E-state index is 14.9. The number of benzene rings is 3.